The quantitative estimate of drug-likeness (QED) is 0.911. The molecule has 3 heteroatoms. The van der Waals surface area contributed by atoms with Gasteiger partial charge in [0.25, 0.3) is 0 Å². The lowest BCUT2D eigenvalue weighted by Crippen LogP contribution is -2.19. The van der Waals surface area contributed by atoms with Gasteiger partial charge < -0.3 is 0 Å². The van der Waals surface area contributed by atoms with E-state index in [9.17, 15) is 5.26 Å². The molecule has 0 aliphatic carbocycles. The molecule has 0 heterocycles. The highest BCUT2D eigenvalue weighted by molar-refractivity contribution is 6.30. The summed E-state index contributed by atoms with van der Waals surface area (Å²) in [5.41, 5.74) is 3.26. The highest BCUT2D eigenvalue weighted by Gasteiger charge is 2.09. The molecule has 0 spiro atoms. The van der Waals surface area contributed by atoms with Crippen LogP contribution in [0.5, 0.6) is 0 Å². The van der Waals surface area contributed by atoms with Crippen LogP contribution in [0.25, 0.3) is 0 Å². The van der Waals surface area contributed by atoms with Gasteiger partial charge in [-0.25, -0.2) is 0 Å². The zero-order valence-electron chi connectivity index (χ0n) is 10.7. The maximum absolute atomic E-state index is 9.26. The molecule has 2 aromatic carbocycles. The third-order valence-electron chi connectivity index (χ3n) is 2.93. The van der Waals surface area contributed by atoms with Crippen LogP contribution < -0.4 is 5.32 Å². The van der Waals surface area contributed by atoms with Gasteiger partial charge in [-0.1, -0.05) is 53.6 Å². The molecule has 0 saturated carbocycles. The van der Waals surface area contributed by atoms with Crippen molar-refractivity contribution in [3.8, 4) is 6.07 Å². The highest BCUT2D eigenvalue weighted by atomic mass is 35.5. The van der Waals surface area contributed by atoms with E-state index in [0.717, 1.165) is 21.7 Å². The molecule has 2 rings (SSSR count). The second-order valence-corrected chi connectivity index (χ2v) is 4.92. The summed E-state index contributed by atoms with van der Waals surface area (Å²) in [7, 11) is 0. The number of aryl methyl sites for hydroxylation is 1. The Morgan fingerprint density at radius 1 is 1.21 bits per heavy atom. The van der Waals surface area contributed by atoms with Crippen LogP contribution in [0.3, 0.4) is 0 Å². The second kappa shape index (κ2) is 6.38. The first-order chi connectivity index (χ1) is 9.19. The van der Waals surface area contributed by atoms with Crippen LogP contribution in [-0.4, -0.2) is 0 Å². The Kier molecular flexibility index (Phi) is 4.57. The second-order valence-electron chi connectivity index (χ2n) is 4.48. The Labute approximate surface area is 118 Å². The SMILES string of the molecule is Cc1cccc(C(C#N)NCc2ccc(Cl)cc2)c1. The van der Waals surface area contributed by atoms with Crippen molar-refractivity contribution in [1.29, 1.82) is 5.26 Å². The molecule has 0 aliphatic rings. The maximum atomic E-state index is 9.26. The largest absolute Gasteiger partial charge is 0.294 e. The van der Waals surface area contributed by atoms with Crippen molar-refractivity contribution < 1.29 is 0 Å². The van der Waals surface area contributed by atoms with Gasteiger partial charge in [0, 0.05) is 11.6 Å². The topological polar surface area (TPSA) is 35.8 Å². The first-order valence-electron chi connectivity index (χ1n) is 6.13. The fraction of sp³-hybridized carbons (Fsp3) is 0.188. The zero-order chi connectivity index (χ0) is 13.7. The Bertz CT molecular complexity index is 584. The van der Waals surface area contributed by atoms with Crippen LogP contribution in [-0.2, 0) is 6.54 Å². The third-order valence-corrected chi connectivity index (χ3v) is 3.18. The summed E-state index contributed by atoms with van der Waals surface area (Å²) in [6, 6.07) is 17.6. The summed E-state index contributed by atoms with van der Waals surface area (Å²) in [5, 5.41) is 13.2. The lowest BCUT2D eigenvalue weighted by molar-refractivity contribution is 0.630. The van der Waals surface area contributed by atoms with Gasteiger partial charge in [0.05, 0.1) is 6.07 Å². The monoisotopic (exact) mass is 270 g/mol. The predicted molar refractivity (Wildman–Crippen MR) is 77.8 cm³/mol. The minimum absolute atomic E-state index is 0.296. The van der Waals surface area contributed by atoms with Gasteiger partial charge in [-0.15, -0.1) is 0 Å². The number of hydrogen-bond donors (Lipinski definition) is 1. The van der Waals surface area contributed by atoms with Crippen molar-refractivity contribution in [2.24, 2.45) is 0 Å². The molecule has 96 valence electrons. The molecule has 0 bridgehead atoms. The van der Waals surface area contributed by atoms with Crippen molar-refractivity contribution in [3.05, 3.63) is 70.2 Å². The number of nitriles is 1. The van der Waals surface area contributed by atoms with Crippen LogP contribution in [0.4, 0.5) is 0 Å². The van der Waals surface area contributed by atoms with E-state index in [-0.39, 0.29) is 6.04 Å². The number of nitrogens with zero attached hydrogens (tertiary/aromatic N) is 1. The van der Waals surface area contributed by atoms with E-state index in [4.69, 9.17) is 11.6 Å². The van der Waals surface area contributed by atoms with Crippen molar-refractivity contribution in [2.45, 2.75) is 19.5 Å². The lowest BCUT2D eigenvalue weighted by Gasteiger charge is -2.12. The zero-order valence-corrected chi connectivity index (χ0v) is 11.5. The predicted octanol–water partition coefficient (Wildman–Crippen LogP) is 4.00. The Balaban J connectivity index is 2.04. The van der Waals surface area contributed by atoms with E-state index in [0.29, 0.717) is 6.54 Å². The van der Waals surface area contributed by atoms with Crippen LogP contribution in [0.1, 0.15) is 22.7 Å². The molecule has 0 radical (unpaired) electrons. The molecule has 1 atom stereocenters. The summed E-state index contributed by atoms with van der Waals surface area (Å²) in [5.74, 6) is 0. The fourth-order valence-electron chi connectivity index (χ4n) is 1.91. The molecular formula is C16H15ClN2. The van der Waals surface area contributed by atoms with Crippen LogP contribution in [0.2, 0.25) is 5.02 Å². The molecule has 19 heavy (non-hydrogen) atoms. The van der Waals surface area contributed by atoms with Gasteiger partial charge >= 0.3 is 0 Å². The summed E-state index contributed by atoms with van der Waals surface area (Å²) in [4.78, 5) is 0. The first kappa shape index (κ1) is 13.6. The lowest BCUT2D eigenvalue weighted by atomic mass is 10.1. The molecule has 0 aliphatic heterocycles. The minimum atomic E-state index is -0.296. The van der Waals surface area contributed by atoms with Crippen molar-refractivity contribution in [2.75, 3.05) is 0 Å². The minimum Gasteiger partial charge on any atom is -0.294 e. The Morgan fingerprint density at radius 3 is 2.58 bits per heavy atom. The average molecular weight is 271 g/mol. The van der Waals surface area contributed by atoms with E-state index in [1.807, 2.05) is 55.5 Å². The van der Waals surface area contributed by atoms with Crippen molar-refractivity contribution >= 4 is 11.6 Å². The van der Waals surface area contributed by atoms with Crippen LogP contribution in [0.15, 0.2) is 48.5 Å². The number of halogens is 1. The molecular weight excluding hydrogens is 256 g/mol. The molecule has 1 N–H and O–H groups in total. The third kappa shape index (κ3) is 3.82. The van der Waals surface area contributed by atoms with Crippen LogP contribution in [0, 0.1) is 18.3 Å². The molecule has 2 aromatic rings. The standard InChI is InChI=1S/C16H15ClN2/c1-12-3-2-4-14(9-12)16(10-18)19-11-13-5-7-15(17)8-6-13/h2-9,16,19H,11H2,1H3. The number of benzene rings is 2. The fourth-order valence-corrected chi connectivity index (χ4v) is 2.04. The van der Waals surface area contributed by atoms with Gasteiger partial charge in [0.2, 0.25) is 0 Å². The van der Waals surface area contributed by atoms with E-state index in [1.54, 1.807) is 0 Å². The molecule has 0 fully saturated rings. The van der Waals surface area contributed by atoms with Gasteiger partial charge in [0.1, 0.15) is 6.04 Å². The number of hydrogen-bond acceptors (Lipinski definition) is 2. The van der Waals surface area contributed by atoms with Gasteiger partial charge in [-0.05, 0) is 30.2 Å². The first-order valence-corrected chi connectivity index (χ1v) is 6.51. The number of rotatable bonds is 4. The molecule has 0 saturated heterocycles. The Hall–Kier alpha value is -1.82. The molecule has 0 aromatic heterocycles. The summed E-state index contributed by atoms with van der Waals surface area (Å²) >= 11 is 5.84. The van der Waals surface area contributed by atoms with Gasteiger partial charge in [-0.3, -0.25) is 5.32 Å². The van der Waals surface area contributed by atoms with Gasteiger partial charge in [0.15, 0.2) is 0 Å². The van der Waals surface area contributed by atoms with Crippen molar-refractivity contribution in [1.82, 2.24) is 5.32 Å². The van der Waals surface area contributed by atoms with E-state index < -0.39 is 0 Å². The summed E-state index contributed by atoms with van der Waals surface area (Å²) in [6.07, 6.45) is 0. The van der Waals surface area contributed by atoms with E-state index in [2.05, 4.69) is 11.4 Å². The normalized spacial score (nSPS) is 11.8. The number of nitrogens with one attached hydrogen (secondary N) is 1. The summed E-state index contributed by atoms with van der Waals surface area (Å²) < 4.78 is 0. The Morgan fingerprint density at radius 2 is 1.95 bits per heavy atom. The van der Waals surface area contributed by atoms with Gasteiger partial charge in [-0.2, -0.15) is 5.26 Å². The molecule has 0 amide bonds. The smallest absolute Gasteiger partial charge is 0.121 e. The van der Waals surface area contributed by atoms with Crippen molar-refractivity contribution in [3.63, 3.8) is 0 Å². The van der Waals surface area contributed by atoms with E-state index >= 15 is 0 Å². The molecule has 2 nitrogen and oxygen atoms in total. The average Bonchev–Trinajstić information content (AvgIpc) is 2.42. The molecule has 1 unspecified atom stereocenters. The summed E-state index contributed by atoms with van der Waals surface area (Å²) in [6.45, 7) is 2.67. The highest BCUT2D eigenvalue weighted by Crippen LogP contribution is 2.15. The van der Waals surface area contributed by atoms with E-state index in [1.165, 1.54) is 0 Å². The van der Waals surface area contributed by atoms with Crippen LogP contribution >= 0.6 is 11.6 Å². The maximum Gasteiger partial charge on any atom is 0.121 e.